The molecule has 0 aromatic heterocycles. The maximum absolute atomic E-state index is 13.6. The molecular weight excluding hydrogens is 363 g/mol. The van der Waals surface area contributed by atoms with Crippen LogP contribution in [0.1, 0.15) is 19.4 Å². The predicted molar refractivity (Wildman–Crippen MR) is 94.9 cm³/mol. The summed E-state index contributed by atoms with van der Waals surface area (Å²) in [7, 11) is 0. The van der Waals surface area contributed by atoms with E-state index in [-0.39, 0.29) is 21.4 Å². The maximum atomic E-state index is 13.6. The first-order valence-corrected chi connectivity index (χ1v) is 8.68. The van der Waals surface area contributed by atoms with Crippen molar-refractivity contribution in [3.05, 3.63) is 70.4 Å². The third-order valence-electron chi connectivity index (χ3n) is 3.69. The Balaban J connectivity index is 2.10. The van der Waals surface area contributed by atoms with Crippen molar-refractivity contribution in [3.63, 3.8) is 0 Å². The minimum atomic E-state index is -1.16. The highest BCUT2D eigenvalue weighted by molar-refractivity contribution is 8.04. The molecule has 0 saturated heterocycles. The van der Waals surface area contributed by atoms with Crippen molar-refractivity contribution < 1.29 is 22.8 Å². The van der Waals surface area contributed by atoms with Gasteiger partial charge in [-0.05, 0) is 29.8 Å². The molecule has 1 aliphatic heterocycles. The third kappa shape index (κ3) is 3.26. The summed E-state index contributed by atoms with van der Waals surface area (Å²) in [5.74, 6) is -3.97. The van der Waals surface area contributed by atoms with E-state index in [9.17, 15) is 22.8 Å². The van der Waals surface area contributed by atoms with Crippen LogP contribution in [0.2, 0.25) is 0 Å². The van der Waals surface area contributed by atoms with Gasteiger partial charge in [-0.25, -0.2) is 18.1 Å². The fourth-order valence-electron chi connectivity index (χ4n) is 2.58. The number of halogens is 3. The molecule has 7 heteroatoms. The second-order valence-corrected chi connectivity index (χ2v) is 7.51. The van der Waals surface area contributed by atoms with Crippen LogP contribution in [-0.2, 0) is 9.59 Å². The minimum Gasteiger partial charge on any atom is -0.268 e. The fourth-order valence-corrected chi connectivity index (χ4v) is 3.57. The van der Waals surface area contributed by atoms with Gasteiger partial charge in [0.25, 0.3) is 11.8 Å². The first-order chi connectivity index (χ1) is 12.3. The second-order valence-electron chi connectivity index (χ2n) is 5.92. The zero-order chi connectivity index (χ0) is 19.0. The minimum absolute atomic E-state index is 0.00195. The number of rotatable bonds is 4. The lowest BCUT2D eigenvalue weighted by Gasteiger charge is -2.15. The topological polar surface area (TPSA) is 37.4 Å². The lowest BCUT2D eigenvalue weighted by Crippen LogP contribution is -2.31. The van der Waals surface area contributed by atoms with Gasteiger partial charge in [-0.1, -0.05) is 26.0 Å². The molecule has 1 aliphatic rings. The predicted octanol–water partition coefficient (Wildman–Crippen LogP) is 4.53. The molecule has 2 aromatic carbocycles. The van der Waals surface area contributed by atoms with Crippen molar-refractivity contribution in [2.24, 2.45) is 0 Å². The van der Waals surface area contributed by atoms with Crippen molar-refractivity contribution in [2.45, 2.75) is 19.1 Å². The van der Waals surface area contributed by atoms with E-state index in [1.54, 1.807) is 0 Å². The Hall–Kier alpha value is -2.54. The highest BCUT2D eigenvalue weighted by Crippen LogP contribution is 2.40. The average molecular weight is 377 g/mol. The SMILES string of the molecule is CC(C)SC1=C(c2ccc(F)cc2)C(=O)N(c2ccc(F)c(F)c2)C1=O. The van der Waals surface area contributed by atoms with Crippen molar-refractivity contribution in [3.8, 4) is 0 Å². The largest absolute Gasteiger partial charge is 0.272 e. The van der Waals surface area contributed by atoms with Gasteiger partial charge in [0.15, 0.2) is 11.6 Å². The number of nitrogens with zero attached hydrogens (tertiary/aromatic N) is 1. The molecule has 1 heterocycles. The van der Waals surface area contributed by atoms with E-state index in [4.69, 9.17) is 0 Å². The van der Waals surface area contributed by atoms with E-state index in [1.807, 2.05) is 13.8 Å². The van der Waals surface area contributed by atoms with Crippen LogP contribution in [0.5, 0.6) is 0 Å². The van der Waals surface area contributed by atoms with Gasteiger partial charge in [0.05, 0.1) is 16.2 Å². The van der Waals surface area contributed by atoms with Gasteiger partial charge in [-0.3, -0.25) is 9.59 Å². The molecule has 0 bridgehead atoms. The van der Waals surface area contributed by atoms with Crippen molar-refractivity contribution in [2.75, 3.05) is 4.90 Å². The Bertz CT molecular complexity index is 923. The van der Waals surface area contributed by atoms with Crippen molar-refractivity contribution in [1.29, 1.82) is 0 Å². The highest BCUT2D eigenvalue weighted by Gasteiger charge is 2.40. The molecule has 2 aromatic rings. The summed E-state index contributed by atoms with van der Waals surface area (Å²) < 4.78 is 40.0. The molecule has 0 radical (unpaired) electrons. The molecule has 3 rings (SSSR count). The highest BCUT2D eigenvalue weighted by atomic mass is 32.2. The summed E-state index contributed by atoms with van der Waals surface area (Å²) in [6, 6.07) is 8.03. The Morgan fingerprint density at radius 1 is 0.885 bits per heavy atom. The summed E-state index contributed by atoms with van der Waals surface area (Å²) in [6.45, 7) is 3.72. The molecule has 0 unspecified atom stereocenters. The Kier molecular flexibility index (Phi) is 4.91. The summed E-state index contributed by atoms with van der Waals surface area (Å²) >= 11 is 1.19. The second kappa shape index (κ2) is 6.99. The number of thioether (sulfide) groups is 1. The smallest absolute Gasteiger partial charge is 0.268 e. The molecule has 26 heavy (non-hydrogen) atoms. The van der Waals surface area contributed by atoms with E-state index < -0.39 is 29.3 Å². The van der Waals surface area contributed by atoms with Crippen LogP contribution >= 0.6 is 11.8 Å². The normalized spacial score (nSPS) is 14.8. The molecule has 2 amide bonds. The first kappa shape index (κ1) is 18.3. The molecular formula is C19H14F3NO2S. The Labute approximate surface area is 152 Å². The van der Waals surface area contributed by atoms with Crippen LogP contribution in [0.15, 0.2) is 47.4 Å². The van der Waals surface area contributed by atoms with E-state index in [0.717, 1.165) is 17.0 Å². The van der Waals surface area contributed by atoms with Crippen LogP contribution in [0.25, 0.3) is 5.57 Å². The lowest BCUT2D eigenvalue weighted by atomic mass is 10.1. The number of carbonyl (C=O) groups is 2. The van der Waals surface area contributed by atoms with Gasteiger partial charge < -0.3 is 0 Å². The fraction of sp³-hybridized carbons (Fsp3) is 0.158. The van der Waals surface area contributed by atoms with Gasteiger partial charge >= 0.3 is 0 Å². The third-order valence-corrected chi connectivity index (χ3v) is 4.78. The zero-order valence-corrected chi connectivity index (χ0v) is 14.7. The summed E-state index contributed by atoms with van der Waals surface area (Å²) in [6.07, 6.45) is 0. The van der Waals surface area contributed by atoms with Gasteiger partial charge in [0.2, 0.25) is 0 Å². The molecule has 0 aliphatic carbocycles. The van der Waals surface area contributed by atoms with Crippen LogP contribution in [0.4, 0.5) is 18.9 Å². The van der Waals surface area contributed by atoms with Crippen LogP contribution < -0.4 is 4.90 Å². The molecule has 0 atom stereocenters. The zero-order valence-electron chi connectivity index (χ0n) is 13.9. The maximum Gasteiger partial charge on any atom is 0.272 e. The number of carbonyl (C=O) groups excluding carboxylic acids is 2. The molecule has 0 spiro atoms. The van der Waals surface area contributed by atoms with E-state index >= 15 is 0 Å². The summed E-state index contributed by atoms with van der Waals surface area (Å²) in [4.78, 5) is 26.8. The quantitative estimate of drug-likeness (QED) is 0.735. The molecule has 3 nitrogen and oxygen atoms in total. The van der Waals surface area contributed by atoms with E-state index in [0.29, 0.717) is 5.56 Å². The summed E-state index contributed by atoms with van der Waals surface area (Å²) in [5.41, 5.74) is 0.453. The molecule has 0 fully saturated rings. The Morgan fingerprint density at radius 3 is 2.12 bits per heavy atom. The number of imide groups is 1. The monoisotopic (exact) mass is 377 g/mol. The van der Waals surface area contributed by atoms with E-state index in [2.05, 4.69) is 0 Å². The number of benzene rings is 2. The van der Waals surface area contributed by atoms with Gasteiger partial charge in [0.1, 0.15) is 5.82 Å². The van der Waals surface area contributed by atoms with Crippen LogP contribution in [0, 0.1) is 17.5 Å². The number of anilines is 1. The van der Waals surface area contributed by atoms with Gasteiger partial charge in [0, 0.05) is 11.3 Å². The molecule has 134 valence electrons. The van der Waals surface area contributed by atoms with Gasteiger partial charge in [-0.15, -0.1) is 11.8 Å². The number of hydrogen-bond donors (Lipinski definition) is 0. The number of hydrogen-bond acceptors (Lipinski definition) is 3. The summed E-state index contributed by atoms with van der Waals surface area (Å²) in [5, 5.41) is 0.00195. The standard InChI is InChI=1S/C19H14F3NO2S/c1-10(2)26-17-16(11-3-5-12(20)6-4-11)18(24)23(19(17)25)13-7-8-14(21)15(22)9-13/h3-10H,1-2H3. The Morgan fingerprint density at radius 2 is 1.54 bits per heavy atom. The van der Waals surface area contributed by atoms with Crippen LogP contribution in [0.3, 0.4) is 0 Å². The van der Waals surface area contributed by atoms with Crippen molar-refractivity contribution >= 4 is 34.8 Å². The van der Waals surface area contributed by atoms with Crippen molar-refractivity contribution in [1.82, 2.24) is 0 Å². The number of amides is 2. The lowest BCUT2D eigenvalue weighted by molar-refractivity contribution is -0.119. The molecule has 0 N–H and O–H groups in total. The average Bonchev–Trinajstić information content (AvgIpc) is 2.81. The van der Waals surface area contributed by atoms with Gasteiger partial charge in [-0.2, -0.15) is 0 Å². The van der Waals surface area contributed by atoms with Crippen LogP contribution in [-0.4, -0.2) is 17.1 Å². The first-order valence-electron chi connectivity index (χ1n) is 7.80. The molecule has 0 saturated carbocycles. The van der Waals surface area contributed by atoms with E-state index in [1.165, 1.54) is 42.1 Å².